The van der Waals surface area contributed by atoms with Crippen LogP contribution in [0.2, 0.25) is 0 Å². The van der Waals surface area contributed by atoms with E-state index in [-0.39, 0.29) is 0 Å². The molecule has 0 saturated heterocycles. The van der Waals surface area contributed by atoms with Crippen molar-refractivity contribution in [1.29, 1.82) is 0 Å². The number of aryl methyl sites for hydroxylation is 1. The largest absolute Gasteiger partial charge is 0.327 e. The Balaban J connectivity index is 1.82. The highest BCUT2D eigenvalue weighted by Gasteiger charge is 2.11. The predicted molar refractivity (Wildman–Crippen MR) is 91.6 cm³/mol. The summed E-state index contributed by atoms with van der Waals surface area (Å²) in [4.78, 5) is 7.16. The molecule has 114 valence electrons. The van der Waals surface area contributed by atoms with Crippen LogP contribution in [0.1, 0.15) is 24.7 Å². The highest BCUT2D eigenvalue weighted by molar-refractivity contribution is 5.75. The van der Waals surface area contributed by atoms with Crippen LogP contribution >= 0.6 is 0 Å². The molecule has 2 aromatic carbocycles. The van der Waals surface area contributed by atoms with Crippen molar-refractivity contribution < 1.29 is 0 Å². The lowest BCUT2D eigenvalue weighted by molar-refractivity contribution is 0.305. The van der Waals surface area contributed by atoms with Gasteiger partial charge in [0, 0.05) is 13.1 Å². The highest BCUT2D eigenvalue weighted by Crippen LogP contribution is 2.18. The van der Waals surface area contributed by atoms with E-state index in [9.17, 15) is 0 Å². The third-order valence-electron chi connectivity index (χ3n) is 3.89. The Morgan fingerprint density at radius 1 is 0.955 bits per heavy atom. The van der Waals surface area contributed by atoms with E-state index < -0.39 is 0 Å². The minimum absolute atomic E-state index is 0.865. The number of imidazole rings is 1. The standard InChI is InChI=1S/C19H23N3/c1-3-13-22-18-12-8-7-11-17(18)20-19(22)15-21(2)14-16-9-5-4-6-10-16/h4-12H,3,13-15H2,1-2H3. The second kappa shape index (κ2) is 6.75. The third kappa shape index (κ3) is 3.20. The second-order valence-electron chi connectivity index (χ2n) is 5.83. The van der Waals surface area contributed by atoms with E-state index in [1.54, 1.807) is 0 Å². The van der Waals surface area contributed by atoms with Crippen molar-refractivity contribution in [3.05, 3.63) is 66.0 Å². The fourth-order valence-corrected chi connectivity index (χ4v) is 2.91. The molecule has 0 saturated carbocycles. The summed E-state index contributed by atoms with van der Waals surface area (Å²) >= 11 is 0. The Bertz CT molecular complexity index is 731. The molecule has 0 aliphatic carbocycles. The number of nitrogens with zero attached hydrogens (tertiary/aromatic N) is 3. The number of rotatable bonds is 6. The summed E-state index contributed by atoms with van der Waals surface area (Å²) in [6.45, 7) is 5.04. The fraction of sp³-hybridized carbons (Fsp3) is 0.316. The van der Waals surface area contributed by atoms with Crippen LogP contribution in [0.5, 0.6) is 0 Å². The number of benzene rings is 2. The first-order chi connectivity index (χ1) is 10.8. The SMILES string of the molecule is CCCn1c(CN(C)Cc2ccccc2)nc2ccccc21. The van der Waals surface area contributed by atoms with Crippen LogP contribution in [0.3, 0.4) is 0 Å². The molecule has 0 N–H and O–H groups in total. The molecule has 0 spiro atoms. The Morgan fingerprint density at radius 2 is 1.68 bits per heavy atom. The molecule has 3 aromatic rings. The lowest BCUT2D eigenvalue weighted by Gasteiger charge is -2.17. The van der Waals surface area contributed by atoms with Crippen LogP contribution in [0, 0.1) is 0 Å². The van der Waals surface area contributed by atoms with Gasteiger partial charge in [0.2, 0.25) is 0 Å². The van der Waals surface area contributed by atoms with Crippen molar-refractivity contribution in [2.24, 2.45) is 0 Å². The van der Waals surface area contributed by atoms with Crippen LogP contribution in [0.4, 0.5) is 0 Å². The van der Waals surface area contributed by atoms with Crippen LogP contribution in [-0.4, -0.2) is 21.5 Å². The number of aromatic nitrogens is 2. The van der Waals surface area contributed by atoms with Gasteiger partial charge in [0.15, 0.2) is 0 Å². The van der Waals surface area contributed by atoms with Gasteiger partial charge in [0.05, 0.1) is 17.6 Å². The van der Waals surface area contributed by atoms with Gasteiger partial charge in [-0.15, -0.1) is 0 Å². The zero-order chi connectivity index (χ0) is 15.4. The summed E-state index contributed by atoms with van der Waals surface area (Å²) in [5.41, 5.74) is 3.68. The van der Waals surface area contributed by atoms with Gasteiger partial charge in [-0.25, -0.2) is 4.98 Å². The molecule has 0 unspecified atom stereocenters. The summed E-state index contributed by atoms with van der Waals surface area (Å²) in [5.74, 6) is 1.15. The normalized spacial score (nSPS) is 11.4. The molecule has 1 aromatic heterocycles. The van der Waals surface area contributed by atoms with E-state index in [1.807, 2.05) is 0 Å². The van der Waals surface area contributed by atoms with E-state index in [1.165, 1.54) is 11.1 Å². The molecule has 0 aliphatic rings. The number of hydrogen-bond acceptors (Lipinski definition) is 2. The first-order valence-electron chi connectivity index (χ1n) is 7.94. The molecule has 0 bridgehead atoms. The van der Waals surface area contributed by atoms with E-state index in [0.29, 0.717) is 0 Å². The van der Waals surface area contributed by atoms with Crippen molar-refractivity contribution in [3.63, 3.8) is 0 Å². The zero-order valence-corrected chi connectivity index (χ0v) is 13.4. The average molecular weight is 293 g/mol. The van der Waals surface area contributed by atoms with Crippen molar-refractivity contribution in [2.75, 3.05) is 7.05 Å². The topological polar surface area (TPSA) is 21.1 Å². The van der Waals surface area contributed by atoms with Crippen molar-refractivity contribution in [1.82, 2.24) is 14.5 Å². The number of fused-ring (bicyclic) bond motifs is 1. The third-order valence-corrected chi connectivity index (χ3v) is 3.89. The van der Waals surface area contributed by atoms with Gasteiger partial charge in [-0.3, -0.25) is 4.90 Å². The molecular formula is C19H23N3. The molecule has 0 atom stereocenters. The molecular weight excluding hydrogens is 270 g/mol. The smallest absolute Gasteiger partial charge is 0.124 e. The zero-order valence-electron chi connectivity index (χ0n) is 13.4. The van der Waals surface area contributed by atoms with Crippen molar-refractivity contribution >= 4 is 11.0 Å². The van der Waals surface area contributed by atoms with Crippen LogP contribution in [0.25, 0.3) is 11.0 Å². The van der Waals surface area contributed by atoms with Gasteiger partial charge in [-0.05, 0) is 31.2 Å². The van der Waals surface area contributed by atoms with Gasteiger partial charge >= 0.3 is 0 Å². The van der Waals surface area contributed by atoms with Crippen LogP contribution < -0.4 is 0 Å². The van der Waals surface area contributed by atoms with Crippen LogP contribution in [-0.2, 0) is 19.6 Å². The predicted octanol–water partition coefficient (Wildman–Crippen LogP) is 4.08. The quantitative estimate of drug-likeness (QED) is 0.683. The maximum Gasteiger partial charge on any atom is 0.124 e. The molecule has 0 aliphatic heterocycles. The summed E-state index contributed by atoms with van der Waals surface area (Å²) < 4.78 is 2.36. The van der Waals surface area contributed by atoms with E-state index in [2.05, 4.69) is 78.0 Å². The lowest BCUT2D eigenvalue weighted by Crippen LogP contribution is -2.20. The average Bonchev–Trinajstić information content (AvgIpc) is 2.86. The molecule has 22 heavy (non-hydrogen) atoms. The Hall–Kier alpha value is -2.13. The lowest BCUT2D eigenvalue weighted by atomic mass is 10.2. The number of para-hydroxylation sites is 2. The molecule has 3 heteroatoms. The van der Waals surface area contributed by atoms with Crippen LogP contribution in [0.15, 0.2) is 54.6 Å². The first kappa shape index (κ1) is 14.8. The monoisotopic (exact) mass is 293 g/mol. The number of hydrogen-bond donors (Lipinski definition) is 0. The second-order valence-corrected chi connectivity index (χ2v) is 5.83. The van der Waals surface area contributed by atoms with Crippen molar-refractivity contribution in [3.8, 4) is 0 Å². The van der Waals surface area contributed by atoms with Crippen molar-refractivity contribution in [2.45, 2.75) is 33.0 Å². The summed E-state index contributed by atoms with van der Waals surface area (Å²) in [6, 6.07) is 19.0. The van der Waals surface area contributed by atoms with Gasteiger partial charge < -0.3 is 4.57 Å². The molecule has 0 amide bonds. The minimum Gasteiger partial charge on any atom is -0.327 e. The van der Waals surface area contributed by atoms with E-state index in [0.717, 1.165) is 37.4 Å². The maximum atomic E-state index is 4.83. The summed E-state index contributed by atoms with van der Waals surface area (Å²) in [7, 11) is 2.16. The Labute approximate surface area is 132 Å². The Morgan fingerprint density at radius 3 is 2.45 bits per heavy atom. The maximum absolute atomic E-state index is 4.83. The fourth-order valence-electron chi connectivity index (χ4n) is 2.91. The minimum atomic E-state index is 0.865. The molecule has 3 nitrogen and oxygen atoms in total. The van der Waals surface area contributed by atoms with Gasteiger partial charge in [-0.1, -0.05) is 49.4 Å². The Kier molecular flexibility index (Phi) is 4.54. The van der Waals surface area contributed by atoms with E-state index >= 15 is 0 Å². The van der Waals surface area contributed by atoms with Gasteiger partial charge in [0.25, 0.3) is 0 Å². The van der Waals surface area contributed by atoms with E-state index in [4.69, 9.17) is 4.98 Å². The first-order valence-corrected chi connectivity index (χ1v) is 7.94. The summed E-state index contributed by atoms with van der Waals surface area (Å²) in [6.07, 6.45) is 1.12. The highest BCUT2D eigenvalue weighted by atomic mass is 15.2. The summed E-state index contributed by atoms with van der Waals surface area (Å²) in [5, 5.41) is 0. The molecule has 0 fully saturated rings. The van der Waals surface area contributed by atoms with Gasteiger partial charge in [0.1, 0.15) is 5.82 Å². The molecule has 1 heterocycles. The molecule has 0 radical (unpaired) electrons. The van der Waals surface area contributed by atoms with Gasteiger partial charge in [-0.2, -0.15) is 0 Å². The molecule has 3 rings (SSSR count).